The van der Waals surface area contributed by atoms with Crippen molar-refractivity contribution in [1.82, 2.24) is 9.55 Å². The van der Waals surface area contributed by atoms with Crippen molar-refractivity contribution in [3.63, 3.8) is 0 Å². The summed E-state index contributed by atoms with van der Waals surface area (Å²) in [5, 5.41) is 2.26. The van der Waals surface area contributed by atoms with Gasteiger partial charge in [-0.3, -0.25) is 0 Å². The fraction of sp³-hybridized carbons (Fsp3) is 0.206. The van der Waals surface area contributed by atoms with Crippen LogP contribution < -0.4 is 14.5 Å². The first kappa shape index (κ1) is 50.3. The van der Waals surface area contributed by atoms with Crippen molar-refractivity contribution < 1.29 is 25.8 Å². The van der Waals surface area contributed by atoms with E-state index in [4.69, 9.17) is 9.72 Å². The first-order valence-electron chi connectivity index (χ1n) is 25.5. The van der Waals surface area contributed by atoms with Crippen LogP contribution in [0.15, 0.2) is 194 Å². The van der Waals surface area contributed by atoms with Crippen LogP contribution >= 0.6 is 0 Å². The van der Waals surface area contributed by atoms with E-state index in [-0.39, 0.29) is 42.7 Å². The van der Waals surface area contributed by atoms with Gasteiger partial charge in [0.2, 0.25) is 0 Å². The molecule has 0 atom stereocenters. The van der Waals surface area contributed by atoms with E-state index in [1.807, 2.05) is 18.3 Å². The summed E-state index contributed by atoms with van der Waals surface area (Å²) in [5.41, 5.74) is 15.2. The van der Waals surface area contributed by atoms with Crippen molar-refractivity contribution in [2.24, 2.45) is 0 Å². The van der Waals surface area contributed by atoms with Crippen molar-refractivity contribution in [3.05, 3.63) is 246 Å². The number of hydrogen-bond acceptors (Lipinski definition) is 4. The van der Waals surface area contributed by atoms with Gasteiger partial charge in [-0.15, -0.1) is 48.1 Å². The largest absolute Gasteiger partial charge is 0.509 e. The minimum atomic E-state index is -0.275. The van der Waals surface area contributed by atoms with Crippen molar-refractivity contribution in [1.29, 1.82) is 0 Å². The minimum Gasteiger partial charge on any atom is -0.509 e. The maximum absolute atomic E-state index is 6.83. The Morgan fingerprint density at radius 2 is 1.07 bits per heavy atom. The Balaban J connectivity index is 0.00000626. The Labute approximate surface area is 452 Å². The fourth-order valence-corrected chi connectivity index (χ4v) is 10.3. The summed E-state index contributed by atoms with van der Waals surface area (Å²) in [6.45, 7) is 25.0. The van der Waals surface area contributed by atoms with Gasteiger partial charge in [0.1, 0.15) is 5.82 Å². The van der Waals surface area contributed by atoms with Gasteiger partial charge in [-0.25, -0.2) is 4.98 Å². The Morgan fingerprint density at radius 3 is 1.74 bits per heavy atom. The van der Waals surface area contributed by atoms with Crippen LogP contribution in [-0.4, -0.2) is 9.55 Å². The van der Waals surface area contributed by atoms with Crippen LogP contribution in [0.2, 0.25) is 0 Å². The third-order valence-corrected chi connectivity index (χ3v) is 15.1. The molecule has 0 saturated heterocycles. The smallest absolute Gasteiger partial charge is 0.135 e. The van der Waals surface area contributed by atoms with Crippen LogP contribution in [0.4, 0.5) is 22.7 Å². The number of fused-ring (bicyclic) bond motifs is 4. The average Bonchev–Trinajstić information content (AvgIpc) is 3.94. The summed E-state index contributed by atoms with van der Waals surface area (Å²) in [7, 11) is 0. The molecular weight excluding hydrogens is 1080 g/mol. The average molecular weight is 1150 g/mol. The third-order valence-electron chi connectivity index (χ3n) is 15.1. The first-order valence-corrected chi connectivity index (χ1v) is 25.5. The predicted molar refractivity (Wildman–Crippen MR) is 304 cm³/mol. The molecule has 374 valence electrons. The van der Waals surface area contributed by atoms with Gasteiger partial charge in [-0.2, -0.15) is 12.1 Å². The zero-order valence-corrected chi connectivity index (χ0v) is 46.3. The molecule has 0 amide bonds. The Hall–Kier alpha value is -7.20. The van der Waals surface area contributed by atoms with Gasteiger partial charge in [-0.05, 0) is 103 Å². The molecule has 74 heavy (non-hydrogen) atoms. The molecule has 0 bridgehead atoms. The Kier molecular flexibility index (Phi) is 13.1. The molecule has 8 aromatic carbocycles. The van der Waals surface area contributed by atoms with E-state index in [0.717, 1.165) is 55.9 Å². The van der Waals surface area contributed by atoms with Gasteiger partial charge < -0.3 is 19.1 Å². The Bertz CT molecular complexity index is 3660. The SMILES string of the molecule is CC(C)(C)c1ccnc(-n2c3[c-]c(Oc4[c-]c(N5[CH-]N(c6cc(-c7ccccc7)cc(C(C)(C)c7ccccc7)c6)c6ccc(C(C)(C)c7ccccc7)cc65)ccc4)ccc3c3cc(C(C)(C)C)ccc32)c1.[Pt]. The number of benzene rings is 8. The van der Waals surface area contributed by atoms with Crippen LogP contribution in [0.1, 0.15) is 103 Å². The maximum atomic E-state index is 6.83. The number of aromatic nitrogens is 2. The molecule has 1 aliphatic heterocycles. The Morgan fingerprint density at radius 1 is 0.446 bits per heavy atom. The van der Waals surface area contributed by atoms with E-state index >= 15 is 0 Å². The van der Waals surface area contributed by atoms with Crippen LogP contribution in [0.5, 0.6) is 11.5 Å². The molecule has 0 saturated carbocycles. The summed E-state index contributed by atoms with van der Waals surface area (Å²) >= 11 is 0. The molecule has 11 rings (SSSR count). The number of ether oxygens (including phenoxy) is 1. The van der Waals surface area contributed by atoms with Gasteiger partial charge in [0.25, 0.3) is 0 Å². The minimum absolute atomic E-state index is 0. The third kappa shape index (κ3) is 9.37. The summed E-state index contributed by atoms with van der Waals surface area (Å²) in [4.78, 5) is 9.55. The molecule has 0 unspecified atom stereocenters. The number of pyridine rings is 1. The van der Waals surface area contributed by atoms with Gasteiger partial charge >= 0.3 is 0 Å². The van der Waals surface area contributed by atoms with Crippen LogP contribution in [0.25, 0.3) is 38.8 Å². The van der Waals surface area contributed by atoms with Gasteiger partial charge in [0.15, 0.2) is 0 Å². The molecule has 1 aliphatic rings. The predicted octanol–water partition coefficient (Wildman–Crippen LogP) is 17.9. The van der Waals surface area contributed by atoms with E-state index < -0.39 is 0 Å². The molecule has 2 aromatic heterocycles. The van der Waals surface area contributed by atoms with Crippen LogP contribution in [0.3, 0.4) is 0 Å². The molecule has 0 radical (unpaired) electrons. The fourth-order valence-electron chi connectivity index (χ4n) is 10.3. The molecule has 0 spiro atoms. The van der Waals surface area contributed by atoms with Crippen LogP contribution in [0, 0.1) is 18.8 Å². The van der Waals surface area contributed by atoms with E-state index in [1.54, 1.807) is 0 Å². The first-order chi connectivity index (χ1) is 34.9. The van der Waals surface area contributed by atoms with Crippen molar-refractivity contribution in [2.75, 3.05) is 9.80 Å². The van der Waals surface area contributed by atoms with E-state index in [9.17, 15) is 0 Å². The second-order valence-corrected chi connectivity index (χ2v) is 22.7. The molecule has 0 fully saturated rings. The molecule has 6 heteroatoms. The number of nitrogens with zero attached hydrogens (tertiary/aromatic N) is 4. The zero-order chi connectivity index (χ0) is 50.9. The molecule has 10 aromatic rings. The standard InChI is InChI=1S/C68H63N4O.Pt/c1-65(2,3)50-29-33-60-59(40-50)58-32-31-57(44-62(58)72(60)64-42-51(35-36-69-64)66(4,5)6)73-56-28-20-27-54(43-56)70-45-71(61-34-30-52(41-63(61)70)67(7,8)48-23-16-12-17-24-48)55-38-47(46-21-14-11-15-22-46)37-53(39-55)68(9,10)49-25-18-13-19-26-49;/h11-42,45H,1-10H3;/q-3;. The second-order valence-electron chi connectivity index (χ2n) is 22.7. The van der Waals surface area contributed by atoms with Gasteiger partial charge in [0.05, 0.1) is 0 Å². The summed E-state index contributed by atoms with van der Waals surface area (Å²) in [6, 6.07) is 75.2. The van der Waals surface area contributed by atoms with E-state index in [0.29, 0.717) is 11.5 Å². The monoisotopic (exact) mass is 1150 g/mol. The van der Waals surface area contributed by atoms with Crippen molar-refractivity contribution >= 4 is 44.6 Å². The molecule has 5 nitrogen and oxygen atoms in total. The summed E-state index contributed by atoms with van der Waals surface area (Å²) in [6.07, 6.45) is 1.92. The number of hydrogen-bond donors (Lipinski definition) is 0. The maximum Gasteiger partial charge on any atom is 0.135 e. The van der Waals surface area contributed by atoms with E-state index in [1.165, 1.54) is 38.9 Å². The second kappa shape index (κ2) is 19.3. The van der Waals surface area contributed by atoms with Crippen molar-refractivity contribution in [3.8, 4) is 28.4 Å². The quantitative estimate of drug-likeness (QED) is 0.128. The topological polar surface area (TPSA) is 33.5 Å². The summed E-state index contributed by atoms with van der Waals surface area (Å²) in [5.74, 6) is 2.04. The summed E-state index contributed by atoms with van der Waals surface area (Å²) < 4.78 is 9.06. The van der Waals surface area contributed by atoms with Gasteiger partial charge in [-0.1, -0.05) is 190 Å². The van der Waals surface area contributed by atoms with Gasteiger partial charge in [0, 0.05) is 72.2 Å². The molecule has 3 heterocycles. The normalized spacial score (nSPS) is 13.1. The molecular formula is C68H63N4OPt-3. The number of anilines is 4. The molecule has 0 aliphatic carbocycles. The van der Waals surface area contributed by atoms with Crippen molar-refractivity contribution in [2.45, 2.75) is 90.9 Å². The zero-order valence-electron chi connectivity index (χ0n) is 44.1. The number of rotatable bonds is 10. The van der Waals surface area contributed by atoms with E-state index in [2.05, 4.69) is 278 Å². The van der Waals surface area contributed by atoms with Crippen LogP contribution in [-0.2, 0) is 42.7 Å². The molecule has 0 N–H and O–H groups in total.